The summed E-state index contributed by atoms with van der Waals surface area (Å²) in [5.74, 6) is -0.538. The Labute approximate surface area is 145 Å². The topological polar surface area (TPSA) is 99.3 Å². The fraction of sp³-hybridized carbons (Fsp3) is 0.333. The second-order valence-electron chi connectivity index (χ2n) is 5.46. The standard InChI is InChI=1S/C15H15F3N4O4/c1-8-4-13(15(16,17)18)20-21(8)9(2)14(23)19-10-5-11(22(24)25)7-12(6-10)26-3/h4-7,9H,1-3H3,(H,19,23). The molecule has 0 radical (unpaired) electrons. The molecule has 2 rings (SSSR count). The van der Waals surface area contributed by atoms with E-state index < -0.39 is 28.7 Å². The largest absolute Gasteiger partial charge is 0.496 e. The van der Waals surface area contributed by atoms with Gasteiger partial charge in [0.25, 0.3) is 5.69 Å². The van der Waals surface area contributed by atoms with E-state index in [0.29, 0.717) is 0 Å². The van der Waals surface area contributed by atoms with Crippen LogP contribution in [-0.4, -0.2) is 27.7 Å². The molecule has 1 amide bonds. The fourth-order valence-electron chi connectivity index (χ4n) is 2.25. The molecule has 26 heavy (non-hydrogen) atoms. The van der Waals surface area contributed by atoms with Crippen LogP contribution in [0.2, 0.25) is 0 Å². The van der Waals surface area contributed by atoms with Gasteiger partial charge in [0.05, 0.1) is 23.8 Å². The monoisotopic (exact) mass is 372 g/mol. The van der Waals surface area contributed by atoms with E-state index in [9.17, 15) is 28.1 Å². The Kier molecular flexibility index (Phi) is 5.19. The van der Waals surface area contributed by atoms with Gasteiger partial charge in [-0.2, -0.15) is 18.3 Å². The van der Waals surface area contributed by atoms with E-state index in [1.165, 1.54) is 33.1 Å². The van der Waals surface area contributed by atoms with Gasteiger partial charge in [-0.05, 0) is 19.9 Å². The van der Waals surface area contributed by atoms with Gasteiger partial charge in [-0.3, -0.25) is 19.6 Å². The van der Waals surface area contributed by atoms with Crippen LogP contribution in [0.1, 0.15) is 24.4 Å². The second kappa shape index (κ2) is 7.02. The summed E-state index contributed by atoms with van der Waals surface area (Å²) in [6.45, 7) is 2.76. The van der Waals surface area contributed by atoms with Crippen LogP contribution in [0.15, 0.2) is 24.3 Å². The molecular weight excluding hydrogens is 357 g/mol. The molecule has 8 nitrogen and oxygen atoms in total. The van der Waals surface area contributed by atoms with Crippen molar-refractivity contribution >= 4 is 17.3 Å². The van der Waals surface area contributed by atoms with Gasteiger partial charge in [0.2, 0.25) is 5.91 Å². The number of aromatic nitrogens is 2. The number of anilines is 1. The average Bonchev–Trinajstić information content (AvgIpc) is 2.95. The molecule has 0 aliphatic carbocycles. The Morgan fingerprint density at radius 2 is 2.00 bits per heavy atom. The molecule has 140 valence electrons. The number of nitro groups is 1. The molecule has 2 aromatic rings. The summed E-state index contributed by atoms with van der Waals surface area (Å²) in [6, 6.07) is 3.40. The average molecular weight is 372 g/mol. The predicted molar refractivity (Wildman–Crippen MR) is 85.0 cm³/mol. The number of aryl methyl sites for hydroxylation is 1. The molecular formula is C15H15F3N4O4. The number of hydrogen-bond donors (Lipinski definition) is 1. The molecule has 1 unspecified atom stereocenters. The van der Waals surface area contributed by atoms with Gasteiger partial charge in [0.15, 0.2) is 5.69 Å². The third-order valence-corrected chi connectivity index (χ3v) is 3.56. The lowest BCUT2D eigenvalue weighted by Crippen LogP contribution is -2.25. The molecule has 1 aromatic carbocycles. The highest BCUT2D eigenvalue weighted by molar-refractivity contribution is 5.94. The SMILES string of the molecule is COc1cc(NC(=O)C(C)n2nc(C(F)(F)F)cc2C)cc([N+](=O)[O-])c1. The van der Waals surface area contributed by atoms with Crippen molar-refractivity contribution in [3.8, 4) is 5.75 Å². The maximum absolute atomic E-state index is 12.7. The second-order valence-corrected chi connectivity index (χ2v) is 5.46. The highest BCUT2D eigenvalue weighted by Crippen LogP contribution is 2.30. The summed E-state index contributed by atoms with van der Waals surface area (Å²) in [5, 5.41) is 16.8. The van der Waals surface area contributed by atoms with Crippen molar-refractivity contribution in [1.29, 1.82) is 0 Å². The van der Waals surface area contributed by atoms with Gasteiger partial charge in [-0.15, -0.1) is 0 Å². The van der Waals surface area contributed by atoms with Crippen LogP contribution in [-0.2, 0) is 11.0 Å². The fourth-order valence-corrected chi connectivity index (χ4v) is 2.25. The molecule has 1 heterocycles. The molecule has 0 aliphatic heterocycles. The lowest BCUT2D eigenvalue weighted by molar-refractivity contribution is -0.384. The number of ether oxygens (including phenoxy) is 1. The summed E-state index contributed by atoms with van der Waals surface area (Å²) in [7, 11) is 1.30. The van der Waals surface area contributed by atoms with E-state index >= 15 is 0 Å². The minimum atomic E-state index is -4.63. The lowest BCUT2D eigenvalue weighted by atomic mass is 10.2. The molecule has 1 atom stereocenters. The number of halogens is 3. The van der Waals surface area contributed by atoms with Crippen molar-refractivity contribution in [2.24, 2.45) is 0 Å². The zero-order chi connectivity index (χ0) is 19.6. The van der Waals surface area contributed by atoms with Crippen molar-refractivity contribution in [2.45, 2.75) is 26.1 Å². The highest BCUT2D eigenvalue weighted by atomic mass is 19.4. The van der Waals surface area contributed by atoms with E-state index in [0.717, 1.165) is 16.8 Å². The van der Waals surface area contributed by atoms with Gasteiger partial charge >= 0.3 is 6.18 Å². The van der Waals surface area contributed by atoms with Crippen LogP contribution in [0.3, 0.4) is 0 Å². The van der Waals surface area contributed by atoms with Crippen molar-refractivity contribution in [1.82, 2.24) is 9.78 Å². The Morgan fingerprint density at radius 3 is 2.50 bits per heavy atom. The van der Waals surface area contributed by atoms with Gasteiger partial charge < -0.3 is 10.1 Å². The van der Waals surface area contributed by atoms with Gasteiger partial charge in [0, 0.05) is 17.8 Å². The molecule has 0 saturated carbocycles. The Balaban J connectivity index is 2.26. The normalized spacial score (nSPS) is 12.5. The Hall–Kier alpha value is -3.11. The van der Waals surface area contributed by atoms with Gasteiger partial charge in [-0.25, -0.2) is 0 Å². The van der Waals surface area contributed by atoms with Gasteiger partial charge in [-0.1, -0.05) is 0 Å². The van der Waals surface area contributed by atoms with Crippen LogP contribution in [0.4, 0.5) is 24.5 Å². The summed E-state index contributed by atoms with van der Waals surface area (Å²) in [4.78, 5) is 22.6. The van der Waals surface area contributed by atoms with Crippen molar-refractivity contribution in [3.05, 3.63) is 45.8 Å². The molecule has 1 aromatic heterocycles. The van der Waals surface area contributed by atoms with E-state index in [2.05, 4.69) is 10.4 Å². The Bertz CT molecular complexity index is 848. The van der Waals surface area contributed by atoms with Crippen LogP contribution in [0.5, 0.6) is 5.75 Å². The number of nitrogens with one attached hydrogen (secondary N) is 1. The number of hydrogen-bond acceptors (Lipinski definition) is 5. The number of carbonyl (C=O) groups excluding carboxylic acids is 1. The predicted octanol–water partition coefficient (Wildman–Crippen LogP) is 3.33. The summed E-state index contributed by atoms with van der Waals surface area (Å²) < 4.78 is 44.1. The van der Waals surface area contributed by atoms with E-state index in [-0.39, 0.29) is 22.8 Å². The molecule has 0 spiro atoms. The van der Waals surface area contributed by atoms with Crippen LogP contribution in [0, 0.1) is 17.0 Å². The quantitative estimate of drug-likeness (QED) is 0.641. The van der Waals surface area contributed by atoms with E-state index in [4.69, 9.17) is 4.74 Å². The van der Waals surface area contributed by atoms with Crippen LogP contribution in [0.25, 0.3) is 0 Å². The molecule has 0 saturated heterocycles. The molecule has 0 fully saturated rings. The number of amides is 1. The minimum Gasteiger partial charge on any atom is -0.496 e. The Morgan fingerprint density at radius 1 is 1.35 bits per heavy atom. The smallest absolute Gasteiger partial charge is 0.435 e. The molecule has 0 bridgehead atoms. The van der Waals surface area contributed by atoms with Crippen molar-refractivity contribution in [3.63, 3.8) is 0 Å². The molecule has 11 heteroatoms. The number of nitrogens with zero attached hydrogens (tertiary/aromatic N) is 3. The molecule has 1 N–H and O–H groups in total. The first kappa shape index (κ1) is 19.2. The maximum atomic E-state index is 12.7. The van der Waals surface area contributed by atoms with E-state index in [1.807, 2.05) is 0 Å². The van der Waals surface area contributed by atoms with Crippen molar-refractivity contribution in [2.75, 3.05) is 12.4 Å². The first-order valence-electron chi connectivity index (χ1n) is 7.30. The first-order valence-corrected chi connectivity index (χ1v) is 7.30. The zero-order valence-corrected chi connectivity index (χ0v) is 14.0. The summed E-state index contributed by atoms with van der Waals surface area (Å²) in [5.41, 5.74) is -1.18. The summed E-state index contributed by atoms with van der Waals surface area (Å²) >= 11 is 0. The number of benzene rings is 1. The highest BCUT2D eigenvalue weighted by Gasteiger charge is 2.35. The zero-order valence-electron chi connectivity index (χ0n) is 14.0. The first-order chi connectivity index (χ1) is 12.0. The number of carbonyl (C=O) groups is 1. The summed E-state index contributed by atoms with van der Waals surface area (Å²) in [6.07, 6.45) is -4.63. The number of non-ortho nitro benzene ring substituents is 1. The van der Waals surface area contributed by atoms with Crippen molar-refractivity contribution < 1.29 is 27.6 Å². The maximum Gasteiger partial charge on any atom is 0.435 e. The van der Waals surface area contributed by atoms with E-state index in [1.54, 1.807) is 0 Å². The number of alkyl halides is 3. The third-order valence-electron chi connectivity index (χ3n) is 3.56. The molecule has 0 aliphatic rings. The van der Waals surface area contributed by atoms with Gasteiger partial charge in [0.1, 0.15) is 11.8 Å². The lowest BCUT2D eigenvalue weighted by Gasteiger charge is -2.15. The van der Waals surface area contributed by atoms with Crippen LogP contribution < -0.4 is 10.1 Å². The number of nitro benzene ring substituents is 1. The number of rotatable bonds is 5. The minimum absolute atomic E-state index is 0.0776. The number of methoxy groups -OCH3 is 1. The van der Waals surface area contributed by atoms with Crippen LogP contribution >= 0.6 is 0 Å². The third kappa shape index (κ3) is 4.10.